The van der Waals surface area contributed by atoms with Gasteiger partial charge in [-0.3, -0.25) is 14.6 Å². The zero-order valence-corrected chi connectivity index (χ0v) is 8.27. The van der Waals surface area contributed by atoms with Crippen molar-refractivity contribution in [2.24, 2.45) is 0 Å². The van der Waals surface area contributed by atoms with Gasteiger partial charge in [-0.1, -0.05) is 18.5 Å². The second-order valence-corrected chi connectivity index (χ2v) is 3.15. The fourth-order valence-electron chi connectivity index (χ4n) is 0.962. The number of aromatic amines is 2. The number of hydrogen-bond acceptors (Lipinski definition) is 3. The highest BCUT2D eigenvalue weighted by atomic mass is 35.5. The van der Waals surface area contributed by atoms with Crippen molar-refractivity contribution >= 4 is 17.4 Å². The molecule has 0 aliphatic heterocycles. The molecule has 0 amide bonds. The van der Waals surface area contributed by atoms with Crippen LogP contribution in [-0.4, -0.2) is 15.8 Å². The molecule has 0 spiro atoms. The number of carbonyl (C=O) groups is 1. The molecule has 0 saturated carbocycles. The van der Waals surface area contributed by atoms with Crippen LogP contribution in [0.5, 0.6) is 0 Å². The highest BCUT2D eigenvalue weighted by Gasteiger charge is 2.09. The third-order valence-electron chi connectivity index (χ3n) is 1.72. The monoisotopic (exact) mass is 216 g/mol. The van der Waals surface area contributed by atoms with E-state index in [0.717, 1.165) is 0 Å². The average Bonchev–Trinajstić information content (AvgIpc) is 2.13. The molecular formula is C8H9ClN2O3. The lowest BCUT2D eigenvalue weighted by atomic mass is 10.2. The van der Waals surface area contributed by atoms with Gasteiger partial charge < -0.3 is 4.98 Å². The van der Waals surface area contributed by atoms with Crippen LogP contribution in [0.15, 0.2) is 9.59 Å². The molecule has 6 heteroatoms. The van der Waals surface area contributed by atoms with E-state index in [1.807, 2.05) is 4.98 Å². The molecule has 1 heterocycles. The Morgan fingerprint density at radius 3 is 2.57 bits per heavy atom. The molecule has 5 nitrogen and oxygen atoms in total. The van der Waals surface area contributed by atoms with Crippen molar-refractivity contribution in [2.45, 2.75) is 19.8 Å². The molecule has 1 aromatic rings. The Kier molecular flexibility index (Phi) is 3.24. The van der Waals surface area contributed by atoms with Gasteiger partial charge in [0.2, 0.25) is 0 Å². The standard InChI is InChI=1S/C8H9ClN2O3/c1-2-4(12)3-5-6(9)7(13)11-8(14)10-5/h2-3H2,1H3,(H2,10,11,13,14). The predicted molar refractivity (Wildman–Crippen MR) is 51.7 cm³/mol. The van der Waals surface area contributed by atoms with Gasteiger partial charge in [-0.05, 0) is 0 Å². The molecule has 0 unspecified atom stereocenters. The molecule has 0 aromatic carbocycles. The number of nitrogens with one attached hydrogen (secondary N) is 2. The van der Waals surface area contributed by atoms with E-state index in [1.54, 1.807) is 6.92 Å². The van der Waals surface area contributed by atoms with Crippen LogP contribution in [0.4, 0.5) is 0 Å². The number of rotatable bonds is 3. The maximum Gasteiger partial charge on any atom is 0.325 e. The van der Waals surface area contributed by atoms with E-state index < -0.39 is 11.2 Å². The summed E-state index contributed by atoms with van der Waals surface area (Å²) in [4.78, 5) is 37.2. The van der Waals surface area contributed by atoms with E-state index in [9.17, 15) is 14.4 Å². The molecule has 14 heavy (non-hydrogen) atoms. The van der Waals surface area contributed by atoms with Crippen molar-refractivity contribution < 1.29 is 4.79 Å². The van der Waals surface area contributed by atoms with Crippen molar-refractivity contribution in [3.05, 3.63) is 31.6 Å². The van der Waals surface area contributed by atoms with E-state index in [-0.39, 0.29) is 22.9 Å². The number of hydrogen-bond donors (Lipinski definition) is 2. The molecule has 0 atom stereocenters. The molecule has 0 bridgehead atoms. The molecule has 0 saturated heterocycles. The minimum atomic E-state index is -0.672. The second-order valence-electron chi connectivity index (χ2n) is 2.77. The second kappa shape index (κ2) is 4.23. The van der Waals surface area contributed by atoms with Gasteiger partial charge in [0.05, 0.1) is 5.69 Å². The lowest BCUT2D eigenvalue weighted by Gasteiger charge is -2.00. The average molecular weight is 217 g/mol. The van der Waals surface area contributed by atoms with Crippen LogP contribution in [-0.2, 0) is 11.2 Å². The smallest absolute Gasteiger partial charge is 0.309 e. The highest BCUT2D eigenvalue weighted by Crippen LogP contribution is 2.06. The lowest BCUT2D eigenvalue weighted by Crippen LogP contribution is -2.25. The first-order valence-corrected chi connectivity index (χ1v) is 4.45. The Morgan fingerprint density at radius 2 is 2.00 bits per heavy atom. The highest BCUT2D eigenvalue weighted by molar-refractivity contribution is 6.31. The summed E-state index contributed by atoms with van der Waals surface area (Å²) in [6.45, 7) is 1.70. The fraction of sp³-hybridized carbons (Fsp3) is 0.375. The molecule has 0 aliphatic rings. The van der Waals surface area contributed by atoms with Gasteiger partial charge in [0.15, 0.2) is 0 Å². The summed E-state index contributed by atoms with van der Waals surface area (Å²) in [5, 5.41) is -0.133. The maximum absolute atomic E-state index is 11.1. The van der Waals surface area contributed by atoms with Crippen LogP contribution in [0.1, 0.15) is 19.0 Å². The van der Waals surface area contributed by atoms with Crippen LogP contribution in [0.3, 0.4) is 0 Å². The van der Waals surface area contributed by atoms with Crippen LogP contribution in [0, 0.1) is 0 Å². The number of halogens is 1. The summed E-state index contributed by atoms with van der Waals surface area (Å²) < 4.78 is 0. The minimum absolute atomic E-state index is 0.0194. The largest absolute Gasteiger partial charge is 0.325 e. The third-order valence-corrected chi connectivity index (χ3v) is 2.12. The number of carbonyl (C=O) groups excluding carboxylic acids is 1. The van der Waals surface area contributed by atoms with Gasteiger partial charge in [0.1, 0.15) is 10.8 Å². The van der Waals surface area contributed by atoms with Crippen LogP contribution >= 0.6 is 11.6 Å². The van der Waals surface area contributed by atoms with E-state index in [4.69, 9.17) is 11.6 Å². The summed E-state index contributed by atoms with van der Waals surface area (Å²) >= 11 is 5.60. The van der Waals surface area contributed by atoms with Gasteiger partial charge in [0, 0.05) is 12.8 Å². The third kappa shape index (κ3) is 2.32. The number of aromatic nitrogens is 2. The zero-order chi connectivity index (χ0) is 10.7. The Morgan fingerprint density at radius 1 is 1.36 bits per heavy atom. The van der Waals surface area contributed by atoms with Crippen LogP contribution in [0.2, 0.25) is 5.02 Å². The van der Waals surface area contributed by atoms with Crippen molar-refractivity contribution in [3.63, 3.8) is 0 Å². The van der Waals surface area contributed by atoms with E-state index in [2.05, 4.69) is 4.98 Å². The molecule has 0 aliphatic carbocycles. The number of ketones is 1. The number of H-pyrrole nitrogens is 2. The molecule has 76 valence electrons. The van der Waals surface area contributed by atoms with Crippen LogP contribution < -0.4 is 11.2 Å². The van der Waals surface area contributed by atoms with E-state index in [0.29, 0.717) is 6.42 Å². The van der Waals surface area contributed by atoms with Gasteiger partial charge >= 0.3 is 5.69 Å². The number of Topliss-reactive ketones (excluding diaryl/α,β-unsaturated/α-hetero) is 1. The molecule has 0 radical (unpaired) electrons. The van der Waals surface area contributed by atoms with Gasteiger partial charge in [-0.15, -0.1) is 0 Å². The first-order valence-electron chi connectivity index (χ1n) is 4.07. The molecular weight excluding hydrogens is 208 g/mol. The first-order chi connectivity index (χ1) is 6.54. The molecule has 0 fully saturated rings. The summed E-state index contributed by atoms with van der Waals surface area (Å²) in [5.41, 5.74) is -1.15. The predicted octanol–water partition coefficient (Wildman–Crippen LogP) is 0.238. The van der Waals surface area contributed by atoms with Gasteiger partial charge in [0.25, 0.3) is 5.56 Å². The SMILES string of the molecule is CCC(=O)Cc1[nH]c(=O)[nH]c(=O)c1Cl. The van der Waals surface area contributed by atoms with Gasteiger partial charge in [-0.25, -0.2) is 4.79 Å². The molecule has 1 rings (SSSR count). The van der Waals surface area contributed by atoms with Crippen molar-refractivity contribution in [1.82, 2.24) is 9.97 Å². The van der Waals surface area contributed by atoms with E-state index >= 15 is 0 Å². The first kappa shape index (κ1) is 10.7. The van der Waals surface area contributed by atoms with Gasteiger partial charge in [-0.2, -0.15) is 0 Å². The summed E-state index contributed by atoms with van der Waals surface area (Å²) in [6, 6.07) is 0. The maximum atomic E-state index is 11.1. The Bertz CT molecular complexity index is 460. The van der Waals surface area contributed by atoms with Crippen molar-refractivity contribution in [1.29, 1.82) is 0 Å². The minimum Gasteiger partial charge on any atom is -0.309 e. The Balaban J connectivity index is 3.15. The Labute approximate surface area is 84.1 Å². The molecule has 1 aromatic heterocycles. The van der Waals surface area contributed by atoms with Crippen LogP contribution in [0.25, 0.3) is 0 Å². The topological polar surface area (TPSA) is 82.8 Å². The lowest BCUT2D eigenvalue weighted by molar-refractivity contribution is -0.118. The summed E-state index contributed by atoms with van der Waals surface area (Å²) in [6.07, 6.45) is 0.319. The van der Waals surface area contributed by atoms with E-state index in [1.165, 1.54) is 0 Å². The quantitative estimate of drug-likeness (QED) is 0.759. The zero-order valence-electron chi connectivity index (χ0n) is 7.52. The van der Waals surface area contributed by atoms with Crippen molar-refractivity contribution in [2.75, 3.05) is 0 Å². The molecule has 2 N–H and O–H groups in total. The fourth-order valence-corrected chi connectivity index (χ4v) is 1.12. The summed E-state index contributed by atoms with van der Waals surface area (Å²) in [7, 11) is 0. The normalized spacial score (nSPS) is 10.1. The van der Waals surface area contributed by atoms with Crippen molar-refractivity contribution in [3.8, 4) is 0 Å². The summed E-state index contributed by atoms with van der Waals surface area (Å²) in [5.74, 6) is -0.0897. The Hall–Kier alpha value is -1.36.